The average Bonchev–Trinajstić information content (AvgIpc) is 2.25. The van der Waals surface area contributed by atoms with E-state index in [4.69, 9.17) is 0 Å². The summed E-state index contributed by atoms with van der Waals surface area (Å²) in [6, 6.07) is 0. The van der Waals surface area contributed by atoms with Gasteiger partial charge in [0.2, 0.25) is 0 Å². The van der Waals surface area contributed by atoms with Crippen LogP contribution in [0, 0.1) is 0 Å². The fourth-order valence-corrected chi connectivity index (χ4v) is 1.44. The van der Waals surface area contributed by atoms with E-state index in [0.29, 0.717) is 0 Å². The van der Waals surface area contributed by atoms with Crippen LogP contribution in [0.3, 0.4) is 0 Å². The van der Waals surface area contributed by atoms with E-state index in [2.05, 4.69) is 57.6 Å². The summed E-state index contributed by atoms with van der Waals surface area (Å²) in [4.78, 5) is 0. The van der Waals surface area contributed by atoms with Gasteiger partial charge < -0.3 is 14.2 Å². The highest BCUT2D eigenvalue weighted by Crippen LogP contribution is 2.02. The van der Waals surface area contributed by atoms with Crippen molar-refractivity contribution in [2.45, 2.75) is 33.6 Å². The second-order valence-electron chi connectivity index (χ2n) is 3.60. The van der Waals surface area contributed by atoms with Gasteiger partial charge in [-0.15, -0.1) is 0 Å². The molecule has 3 radical (unpaired) electrons. The largest absolute Gasteiger partial charge is 0.365 e. The summed E-state index contributed by atoms with van der Waals surface area (Å²) in [5.74, 6) is 0. The number of unbranched alkanes of at least 4 members (excludes halogenated alkanes) is 1. The van der Waals surface area contributed by atoms with Gasteiger partial charge in [0.15, 0.2) is 0 Å². The van der Waals surface area contributed by atoms with Crippen molar-refractivity contribution >= 4 is 22.6 Å². The minimum absolute atomic E-state index is 1.03. The fourth-order valence-electron chi connectivity index (χ4n) is 1.44. The van der Waals surface area contributed by atoms with E-state index in [0.717, 1.165) is 19.6 Å². The molecule has 0 aromatic heterocycles. The van der Waals surface area contributed by atoms with Gasteiger partial charge in [-0.3, -0.25) is 0 Å². The average molecular weight is 190 g/mol. The summed E-state index contributed by atoms with van der Waals surface area (Å²) < 4.78 is 6.72. The van der Waals surface area contributed by atoms with Crippen LogP contribution in [0.25, 0.3) is 0 Å². The lowest BCUT2D eigenvalue weighted by atomic mass is 9.74. The maximum absolute atomic E-state index is 2.27. The Hall–Kier alpha value is 0.0748. The van der Waals surface area contributed by atoms with E-state index in [1.165, 1.54) is 12.8 Å². The van der Waals surface area contributed by atoms with E-state index in [9.17, 15) is 0 Å². The highest BCUT2D eigenvalue weighted by molar-refractivity contribution is 6.64. The van der Waals surface area contributed by atoms with E-state index >= 15 is 0 Å². The van der Waals surface area contributed by atoms with Gasteiger partial charge in [0.1, 0.15) is 0 Å². The minimum Gasteiger partial charge on any atom is -0.365 e. The number of hydrogen-bond donors (Lipinski definition) is 0. The van der Waals surface area contributed by atoms with Crippen molar-refractivity contribution in [3.63, 3.8) is 0 Å². The Balaban J connectivity index is 2.35. The molecule has 0 bridgehead atoms. The second-order valence-corrected chi connectivity index (χ2v) is 3.60. The van der Waals surface area contributed by atoms with Crippen molar-refractivity contribution in [2.24, 2.45) is 0 Å². The van der Waals surface area contributed by atoms with Crippen LogP contribution in [0.4, 0.5) is 0 Å². The summed E-state index contributed by atoms with van der Waals surface area (Å²) in [6.07, 6.45) is 2.50. The Bertz CT molecular complexity index is 147. The third kappa shape index (κ3) is 3.67. The third-order valence-electron chi connectivity index (χ3n) is 2.39. The SMILES string of the molecule is CCCCN1[B]N(CC)[B]N(CC)[B]1. The van der Waals surface area contributed by atoms with Crippen molar-refractivity contribution in [3.8, 4) is 0 Å². The molecule has 75 valence electrons. The first-order valence-corrected chi connectivity index (χ1v) is 5.62. The zero-order chi connectivity index (χ0) is 10.4. The smallest absolute Gasteiger partial charge is 0.290 e. The predicted octanol–water partition coefficient (Wildman–Crippen LogP) is 0.349. The number of nitrogens with zero attached hydrogens (tertiary/aromatic N) is 3. The van der Waals surface area contributed by atoms with Gasteiger partial charge in [0, 0.05) is 0 Å². The summed E-state index contributed by atoms with van der Waals surface area (Å²) >= 11 is 0. The van der Waals surface area contributed by atoms with Gasteiger partial charge in [0.05, 0.1) is 0 Å². The Labute approximate surface area is 90.7 Å². The molecule has 0 aromatic carbocycles. The summed E-state index contributed by atoms with van der Waals surface area (Å²) in [6.45, 7) is 9.76. The van der Waals surface area contributed by atoms with Crippen LogP contribution in [0.5, 0.6) is 0 Å². The van der Waals surface area contributed by atoms with Crippen LogP contribution in [0.2, 0.25) is 0 Å². The lowest BCUT2D eigenvalue weighted by Crippen LogP contribution is -2.61. The zero-order valence-corrected chi connectivity index (χ0v) is 9.61. The quantitative estimate of drug-likeness (QED) is 0.578. The molecule has 0 aromatic rings. The van der Waals surface area contributed by atoms with Gasteiger partial charge in [-0.25, -0.2) is 0 Å². The second kappa shape index (κ2) is 6.54. The highest BCUT2D eigenvalue weighted by Gasteiger charge is 2.25. The molecule has 1 heterocycles. The molecule has 0 spiro atoms. The van der Waals surface area contributed by atoms with Crippen LogP contribution in [-0.4, -0.2) is 56.4 Å². The van der Waals surface area contributed by atoms with E-state index in [-0.39, 0.29) is 0 Å². The Morgan fingerprint density at radius 2 is 1.29 bits per heavy atom. The van der Waals surface area contributed by atoms with Crippen LogP contribution in [0.15, 0.2) is 0 Å². The highest BCUT2D eigenvalue weighted by atomic mass is 15.3. The maximum Gasteiger partial charge on any atom is 0.290 e. The van der Waals surface area contributed by atoms with Crippen LogP contribution >= 0.6 is 0 Å². The van der Waals surface area contributed by atoms with Crippen molar-refractivity contribution in [1.29, 1.82) is 0 Å². The van der Waals surface area contributed by atoms with Crippen LogP contribution in [-0.2, 0) is 0 Å². The Morgan fingerprint density at radius 1 is 0.786 bits per heavy atom. The molecule has 14 heavy (non-hydrogen) atoms. The molecule has 0 N–H and O–H groups in total. The zero-order valence-electron chi connectivity index (χ0n) is 9.61. The molecule has 1 saturated heterocycles. The lowest BCUT2D eigenvalue weighted by molar-refractivity contribution is 0.485. The normalized spacial score (nSPS) is 19.9. The minimum atomic E-state index is 1.03. The lowest BCUT2D eigenvalue weighted by Gasteiger charge is -2.39. The first kappa shape index (κ1) is 12.1. The van der Waals surface area contributed by atoms with E-state index in [1.54, 1.807) is 0 Å². The molecule has 6 heteroatoms. The molecule has 3 nitrogen and oxygen atoms in total. The summed E-state index contributed by atoms with van der Waals surface area (Å²) in [5, 5.41) is 0. The number of rotatable bonds is 5. The number of hydrogen-bond acceptors (Lipinski definition) is 3. The third-order valence-corrected chi connectivity index (χ3v) is 2.39. The molecule has 0 saturated carbocycles. The summed E-state index contributed by atoms with van der Waals surface area (Å²) in [5.41, 5.74) is 0. The van der Waals surface area contributed by atoms with Gasteiger partial charge in [-0.2, -0.15) is 0 Å². The van der Waals surface area contributed by atoms with Gasteiger partial charge in [-0.1, -0.05) is 27.2 Å². The first-order valence-electron chi connectivity index (χ1n) is 5.62. The molecule has 1 aliphatic rings. The molecule has 1 rings (SSSR count). The van der Waals surface area contributed by atoms with Gasteiger partial charge >= 0.3 is 0 Å². The Morgan fingerprint density at radius 3 is 1.71 bits per heavy atom. The van der Waals surface area contributed by atoms with Crippen molar-refractivity contribution in [2.75, 3.05) is 19.6 Å². The standard InChI is InChI=1S/C8H19B3N3/c1-4-7-8-14-10-12(5-2)9-13(6-3)11-14/h4-8H2,1-3H3. The fraction of sp³-hybridized carbons (Fsp3) is 1.00. The monoisotopic (exact) mass is 190 g/mol. The Kier molecular flexibility index (Phi) is 5.67. The van der Waals surface area contributed by atoms with E-state index in [1.807, 2.05) is 0 Å². The molecule has 0 aliphatic carbocycles. The van der Waals surface area contributed by atoms with Crippen molar-refractivity contribution in [1.82, 2.24) is 14.2 Å². The first-order chi connectivity index (χ1) is 6.80. The molecular formula is C8H19B3N3. The molecule has 0 amide bonds. The van der Waals surface area contributed by atoms with Gasteiger partial charge in [-0.05, 0) is 26.1 Å². The molecule has 0 unspecified atom stereocenters. The topological polar surface area (TPSA) is 9.72 Å². The van der Waals surface area contributed by atoms with Crippen LogP contribution < -0.4 is 0 Å². The molecule has 1 fully saturated rings. The molecule has 0 atom stereocenters. The molecular weight excluding hydrogens is 171 g/mol. The van der Waals surface area contributed by atoms with Crippen molar-refractivity contribution in [3.05, 3.63) is 0 Å². The summed E-state index contributed by atoms with van der Waals surface area (Å²) in [7, 11) is 6.52. The maximum atomic E-state index is 2.27. The predicted molar refractivity (Wildman–Crippen MR) is 63.6 cm³/mol. The van der Waals surface area contributed by atoms with Crippen molar-refractivity contribution < 1.29 is 0 Å². The van der Waals surface area contributed by atoms with Crippen LogP contribution in [0.1, 0.15) is 33.6 Å². The van der Waals surface area contributed by atoms with Gasteiger partial charge in [0.25, 0.3) is 22.6 Å². The van der Waals surface area contributed by atoms with E-state index < -0.39 is 0 Å². The molecule has 1 aliphatic heterocycles.